The molecule has 1 aliphatic heterocycles. The van der Waals surface area contributed by atoms with Gasteiger partial charge in [0.05, 0.1) is 18.1 Å². The second-order valence-electron chi connectivity index (χ2n) is 7.14. The lowest BCUT2D eigenvalue weighted by Gasteiger charge is -2.31. The van der Waals surface area contributed by atoms with Crippen LogP contribution >= 0.6 is 11.3 Å². The first-order valence-electron chi connectivity index (χ1n) is 8.78. The standard InChI is InChI=1S/C18H20N2O7S3/c1-17(20-9-8-18(16(22)27-2)6-4-3-5-7-18)13(11-21)12-10-14(30(19,25)26)28-15(12)29(17,23)24/h3-6,10,20H,7-9H2,1-2H3,(H2,19,25,26)/t17-,18+/m1/s1. The van der Waals surface area contributed by atoms with Crippen LogP contribution in [0.5, 0.6) is 0 Å². The fourth-order valence-corrected chi connectivity index (χ4v) is 8.14. The van der Waals surface area contributed by atoms with Crippen LogP contribution in [0, 0.1) is 5.41 Å². The normalized spacial score (nSPS) is 27.0. The van der Waals surface area contributed by atoms with Gasteiger partial charge in [0.15, 0.2) is 4.87 Å². The molecule has 2 aliphatic rings. The van der Waals surface area contributed by atoms with Crippen molar-refractivity contribution in [3.05, 3.63) is 35.9 Å². The van der Waals surface area contributed by atoms with Crippen molar-refractivity contribution in [3.8, 4) is 0 Å². The number of ether oxygens (including phenoxy) is 1. The predicted octanol–water partition coefficient (Wildman–Crippen LogP) is 0.769. The molecule has 0 spiro atoms. The second-order valence-corrected chi connectivity index (χ2v) is 12.5. The highest BCUT2D eigenvalue weighted by Gasteiger charge is 2.54. The number of methoxy groups -OCH3 is 1. The van der Waals surface area contributed by atoms with Crippen molar-refractivity contribution in [3.63, 3.8) is 0 Å². The minimum Gasteiger partial charge on any atom is -0.468 e. The average Bonchev–Trinajstić information content (AvgIpc) is 3.19. The number of thiophene rings is 1. The van der Waals surface area contributed by atoms with Crippen molar-refractivity contribution in [1.82, 2.24) is 5.32 Å². The molecule has 0 fully saturated rings. The number of sulfonamides is 1. The van der Waals surface area contributed by atoms with Crippen LogP contribution in [0.3, 0.4) is 0 Å². The molecular weight excluding hydrogens is 452 g/mol. The molecule has 0 saturated carbocycles. The molecule has 2 atom stereocenters. The third kappa shape index (κ3) is 3.39. The molecule has 0 amide bonds. The van der Waals surface area contributed by atoms with Crippen LogP contribution in [0.4, 0.5) is 0 Å². The van der Waals surface area contributed by atoms with E-state index in [4.69, 9.17) is 9.88 Å². The van der Waals surface area contributed by atoms with Gasteiger partial charge in [-0.3, -0.25) is 10.1 Å². The number of allylic oxidation sites excluding steroid dienone is 3. The highest BCUT2D eigenvalue weighted by molar-refractivity contribution is 7.97. The number of primary sulfonamides is 1. The Kier molecular flexibility index (Phi) is 5.69. The number of carbonyl (C=O) groups excluding carboxylic acids is 2. The van der Waals surface area contributed by atoms with Gasteiger partial charge in [-0.1, -0.05) is 24.3 Å². The predicted molar refractivity (Wildman–Crippen MR) is 110 cm³/mol. The van der Waals surface area contributed by atoms with Gasteiger partial charge in [-0.05, 0) is 32.4 Å². The number of fused-ring (bicyclic) bond motifs is 1. The van der Waals surface area contributed by atoms with E-state index in [0.717, 1.165) is 6.07 Å². The molecule has 3 N–H and O–H groups in total. The summed E-state index contributed by atoms with van der Waals surface area (Å²) in [6.07, 6.45) is 7.64. The molecule has 2 heterocycles. The first-order chi connectivity index (χ1) is 13.9. The molecule has 1 aliphatic carbocycles. The zero-order valence-corrected chi connectivity index (χ0v) is 18.6. The topological polar surface area (TPSA) is 150 Å². The third-order valence-corrected chi connectivity index (χ3v) is 10.7. The summed E-state index contributed by atoms with van der Waals surface area (Å²) in [6.45, 7) is 1.37. The molecular formula is C18H20N2O7S3. The van der Waals surface area contributed by atoms with Crippen molar-refractivity contribution in [2.45, 2.75) is 33.1 Å². The number of hydrogen-bond donors (Lipinski definition) is 2. The van der Waals surface area contributed by atoms with Crippen molar-refractivity contribution in [2.75, 3.05) is 13.7 Å². The smallest absolute Gasteiger partial charge is 0.316 e. The minimum atomic E-state index is -4.16. The summed E-state index contributed by atoms with van der Waals surface area (Å²) in [4.78, 5) is 22.2. The Morgan fingerprint density at radius 1 is 1.40 bits per heavy atom. The lowest BCUT2D eigenvalue weighted by molar-refractivity contribution is -0.150. The Morgan fingerprint density at radius 2 is 2.10 bits per heavy atom. The fourth-order valence-electron chi connectivity index (χ4n) is 3.61. The number of rotatable bonds is 6. The minimum absolute atomic E-state index is 0.0304. The van der Waals surface area contributed by atoms with Gasteiger partial charge in [0, 0.05) is 5.56 Å². The van der Waals surface area contributed by atoms with Gasteiger partial charge in [0.25, 0.3) is 0 Å². The maximum Gasteiger partial charge on any atom is 0.316 e. The lowest BCUT2D eigenvalue weighted by atomic mass is 9.78. The Labute approximate surface area is 178 Å². The highest BCUT2D eigenvalue weighted by Crippen LogP contribution is 2.49. The van der Waals surface area contributed by atoms with Crippen molar-refractivity contribution in [1.29, 1.82) is 0 Å². The molecule has 12 heteroatoms. The first-order valence-corrected chi connectivity index (χ1v) is 12.6. The van der Waals surface area contributed by atoms with Crippen molar-refractivity contribution >= 4 is 48.7 Å². The number of esters is 1. The Hall–Kier alpha value is -2.08. The molecule has 162 valence electrons. The average molecular weight is 473 g/mol. The summed E-state index contributed by atoms with van der Waals surface area (Å²) in [5, 5.41) is 7.95. The summed E-state index contributed by atoms with van der Waals surface area (Å²) in [7, 11) is -7.00. The van der Waals surface area contributed by atoms with Crippen LogP contribution in [0.1, 0.15) is 25.3 Å². The molecule has 9 nitrogen and oxygen atoms in total. The highest BCUT2D eigenvalue weighted by atomic mass is 32.3. The van der Waals surface area contributed by atoms with Crippen LogP contribution < -0.4 is 10.5 Å². The Morgan fingerprint density at radius 3 is 2.63 bits per heavy atom. The zero-order valence-electron chi connectivity index (χ0n) is 16.2. The van der Waals surface area contributed by atoms with Gasteiger partial charge >= 0.3 is 5.97 Å². The van der Waals surface area contributed by atoms with E-state index in [1.165, 1.54) is 14.0 Å². The summed E-state index contributed by atoms with van der Waals surface area (Å²) in [5.74, 6) is 1.19. The van der Waals surface area contributed by atoms with E-state index in [1.807, 2.05) is 6.08 Å². The van der Waals surface area contributed by atoms with Gasteiger partial charge < -0.3 is 4.74 Å². The molecule has 0 aromatic carbocycles. The van der Waals surface area contributed by atoms with Gasteiger partial charge in [0.2, 0.25) is 19.9 Å². The van der Waals surface area contributed by atoms with E-state index in [2.05, 4.69) is 5.32 Å². The number of nitrogens with two attached hydrogens (primary N) is 1. The SMILES string of the molecule is COC(=O)[C@@]1(CCN[C@@]2(C)C(=C=O)c3cc(S(N)(=O)=O)sc3S2(=O)=O)C=CC=CC1. The molecule has 0 bridgehead atoms. The lowest BCUT2D eigenvalue weighted by Crippen LogP contribution is -2.49. The van der Waals surface area contributed by atoms with Crippen LogP contribution in [0.2, 0.25) is 0 Å². The van der Waals surface area contributed by atoms with Crippen LogP contribution in [-0.2, 0) is 34.2 Å². The number of sulfone groups is 1. The molecule has 0 radical (unpaired) electrons. The Bertz CT molecular complexity index is 1220. The Balaban J connectivity index is 1.91. The van der Waals surface area contributed by atoms with Crippen LogP contribution in [0.25, 0.3) is 5.57 Å². The summed E-state index contributed by atoms with van der Waals surface area (Å²) >= 11 is 0.492. The van der Waals surface area contributed by atoms with Crippen molar-refractivity contribution in [2.24, 2.45) is 10.6 Å². The number of nitrogens with one attached hydrogen (secondary N) is 1. The summed E-state index contributed by atoms with van der Waals surface area (Å²) < 4.78 is 53.8. The maximum atomic E-state index is 13.2. The van der Waals surface area contributed by atoms with Crippen molar-refractivity contribution < 1.29 is 31.2 Å². The van der Waals surface area contributed by atoms with E-state index in [-0.39, 0.29) is 32.5 Å². The van der Waals surface area contributed by atoms with E-state index >= 15 is 0 Å². The molecule has 0 saturated heterocycles. The second kappa shape index (κ2) is 7.56. The van der Waals surface area contributed by atoms with E-state index in [0.29, 0.717) is 17.8 Å². The maximum absolute atomic E-state index is 13.2. The van der Waals surface area contributed by atoms with E-state index in [1.54, 1.807) is 24.2 Å². The first kappa shape index (κ1) is 22.6. The number of carbonyl (C=O) groups is 1. The quantitative estimate of drug-likeness (QED) is 0.455. The number of hydrogen-bond acceptors (Lipinski definition) is 9. The zero-order chi connectivity index (χ0) is 22.4. The monoisotopic (exact) mass is 472 g/mol. The molecule has 0 unspecified atom stereocenters. The van der Waals surface area contributed by atoms with Crippen LogP contribution in [0.15, 0.2) is 38.8 Å². The summed E-state index contributed by atoms with van der Waals surface area (Å²) in [6, 6.07) is 1.07. The molecule has 3 rings (SSSR count). The van der Waals surface area contributed by atoms with Gasteiger partial charge in [-0.15, -0.1) is 11.3 Å². The third-order valence-electron chi connectivity index (χ3n) is 5.36. The van der Waals surface area contributed by atoms with Gasteiger partial charge in [-0.25, -0.2) is 26.8 Å². The molecule has 1 aromatic heterocycles. The summed E-state index contributed by atoms with van der Waals surface area (Å²) in [5.41, 5.74) is -1.21. The largest absolute Gasteiger partial charge is 0.468 e. The molecule has 30 heavy (non-hydrogen) atoms. The van der Waals surface area contributed by atoms with Gasteiger partial charge in [-0.2, -0.15) is 0 Å². The van der Waals surface area contributed by atoms with E-state index in [9.17, 15) is 26.4 Å². The van der Waals surface area contributed by atoms with E-state index < -0.39 is 36.1 Å². The molecule has 1 aromatic rings. The van der Waals surface area contributed by atoms with Gasteiger partial charge in [0.1, 0.15) is 14.4 Å². The van der Waals surface area contributed by atoms with Crippen LogP contribution in [-0.4, -0.2) is 47.3 Å². The fraction of sp³-hybridized carbons (Fsp3) is 0.389.